The number of carbonyl (C=O) groups is 1. The minimum Gasteiger partial charge on any atom is -0.468 e. The van der Waals surface area contributed by atoms with Gasteiger partial charge in [-0.2, -0.15) is 0 Å². The number of nitrogens with zero attached hydrogens (tertiary/aromatic N) is 2. The molecular weight excluding hydrogens is 407 g/mol. The molecule has 26 heavy (non-hydrogen) atoms. The van der Waals surface area contributed by atoms with Crippen LogP contribution in [0.3, 0.4) is 0 Å². The van der Waals surface area contributed by atoms with Crippen molar-refractivity contribution < 1.29 is 22.9 Å². The van der Waals surface area contributed by atoms with Crippen molar-refractivity contribution in [3.63, 3.8) is 0 Å². The average Bonchev–Trinajstić information content (AvgIpc) is 2.58. The zero-order valence-electron chi connectivity index (χ0n) is 13.3. The van der Waals surface area contributed by atoms with E-state index in [1.807, 2.05) is 0 Å². The molecule has 138 valence electrons. The molecule has 8 nitrogen and oxygen atoms in total. The maximum absolute atomic E-state index is 13.0. The Kier molecular flexibility index (Phi) is 6.06. The van der Waals surface area contributed by atoms with E-state index in [-0.39, 0.29) is 26.3 Å². The predicted molar refractivity (Wildman–Crippen MR) is 96.1 cm³/mol. The summed E-state index contributed by atoms with van der Waals surface area (Å²) >= 11 is 11.8. The second-order valence-electron chi connectivity index (χ2n) is 4.97. The van der Waals surface area contributed by atoms with Crippen LogP contribution in [0.5, 0.6) is 0 Å². The molecule has 0 fully saturated rings. The van der Waals surface area contributed by atoms with Crippen molar-refractivity contribution in [1.29, 1.82) is 0 Å². The lowest BCUT2D eigenvalue weighted by Gasteiger charge is -2.23. The number of non-ortho nitro benzene ring substituents is 1. The summed E-state index contributed by atoms with van der Waals surface area (Å²) in [6.07, 6.45) is 0. The van der Waals surface area contributed by atoms with Gasteiger partial charge in [-0.1, -0.05) is 23.2 Å². The molecule has 2 aromatic carbocycles. The lowest BCUT2D eigenvalue weighted by atomic mass is 10.3. The molecule has 0 N–H and O–H groups in total. The molecular formula is C15H12Cl2N2O6S. The first-order chi connectivity index (χ1) is 12.1. The number of rotatable bonds is 6. The third kappa shape index (κ3) is 4.43. The Morgan fingerprint density at radius 1 is 1.15 bits per heavy atom. The first kappa shape index (κ1) is 20.0. The summed E-state index contributed by atoms with van der Waals surface area (Å²) in [5.41, 5.74) is -0.222. The third-order valence-corrected chi connectivity index (χ3v) is 5.50. The topological polar surface area (TPSA) is 107 Å². The Morgan fingerprint density at radius 3 is 2.15 bits per heavy atom. The van der Waals surface area contributed by atoms with Gasteiger partial charge in [-0.05, 0) is 30.3 Å². The molecule has 0 aliphatic carbocycles. The lowest BCUT2D eigenvalue weighted by molar-refractivity contribution is -0.384. The van der Waals surface area contributed by atoms with Crippen LogP contribution in [-0.2, 0) is 19.6 Å². The number of methoxy groups -OCH3 is 1. The van der Waals surface area contributed by atoms with E-state index in [0.29, 0.717) is 0 Å². The summed E-state index contributed by atoms with van der Waals surface area (Å²) in [6, 6.07) is 8.29. The Bertz CT molecular complexity index is 927. The number of hydrogen-bond acceptors (Lipinski definition) is 6. The highest BCUT2D eigenvalue weighted by Crippen LogP contribution is 2.30. The van der Waals surface area contributed by atoms with Gasteiger partial charge in [0.1, 0.15) is 6.54 Å². The van der Waals surface area contributed by atoms with Crippen LogP contribution in [0.4, 0.5) is 11.4 Å². The van der Waals surface area contributed by atoms with Gasteiger partial charge in [-0.15, -0.1) is 0 Å². The molecule has 0 atom stereocenters. The Morgan fingerprint density at radius 2 is 1.69 bits per heavy atom. The zero-order valence-corrected chi connectivity index (χ0v) is 15.6. The van der Waals surface area contributed by atoms with Gasteiger partial charge < -0.3 is 4.74 Å². The molecule has 2 rings (SSSR count). The van der Waals surface area contributed by atoms with Crippen LogP contribution in [0.1, 0.15) is 0 Å². The Balaban J connectivity index is 2.55. The summed E-state index contributed by atoms with van der Waals surface area (Å²) in [4.78, 5) is 21.5. The predicted octanol–water partition coefficient (Wildman–Crippen LogP) is 3.27. The monoisotopic (exact) mass is 418 g/mol. The second-order valence-corrected chi connectivity index (χ2v) is 7.70. The number of ether oxygens (including phenoxy) is 1. The van der Waals surface area contributed by atoms with Crippen molar-refractivity contribution in [2.75, 3.05) is 18.0 Å². The smallest absolute Gasteiger partial charge is 0.326 e. The molecule has 0 unspecified atom stereocenters. The first-order valence-electron chi connectivity index (χ1n) is 6.95. The number of carbonyl (C=O) groups excluding carboxylic acids is 1. The molecule has 0 aliphatic heterocycles. The summed E-state index contributed by atoms with van der Waals surface area (Å²) in [7, 11) is -3.13. The highest BCUT2D eigenvalue weighted by molar-refractivity contribution is 7.92. The number of esters is 1. The van der Waals surface area contributed by atoms with Crippen molar-refractivity contribution in [1.82, 2.24) is 0 Å². The van der Waals surface area contributed by atoms with Crippen LogP contribution in [0, 0.1) is 10.1 Å². The van der Waals surface area contributed by atoms with Crippen molar-refractivity contribution in [3.8, 4) is 0 Å². The number of halogens is 2. The number of hydrogen-bond donors (Lipinski definition) is 0. The Hall–Kier alpha value is -2.36. The van der Waals surface area contributed by atoms with Crippen molar-refractivity contribution in [2.24, 2.45) is 0 Å². The van der Waals surface area contributed by atoms with Crippen LogP contribution in [0.25, 0.3) is 0 Å². The van der Waals surface area contributed by atoms with Crippen LogP contribution < -0.4 is 4.31 Å². The van der Waals surface area contributed by atoms with Gasteiger partial charge in [0.25, 0.3) is 15.7 Å². The van der Waals surface area contributed by atoms with E-state index >= 15 is 0 Å². The van der Waals surface area contributed by atoms with Crippen LogP contribution in [0.2, 0.25) is 10.0 Å². The van der Waals surface area contributed by atoms with Gasteiger partial charge in [0, 0.05) is 22.2 Å². The minimum absolute atomic E-state index is 0.0475. The molecule has 0 amide bonds. The maximum atomic E-state index is 13.0. The van der Waals surface area contributed by atoms with Gasteiger partial charge in [0.05, 0.1) is 22.6 Å². The number of nitro groups is 1. The lowest BCUT2D eigenvalue weighted by Crippen LogP contribution is -2.36. The first-order valence-corrected chi connectivity index (χ1v) is 9.15. The molecule has 2 aromatic rings. The molecule has 11 heteroatoms. The SMILES string of the molecule is COC(=O)CN(c1cc(Cl)cc(Cl)c1)S(=O)(=O)c1ccc([N+](=O)[O-])cc1. The summed E-state index contributed by atoms with van der Waals surface area (Å²) in [5, 5.41) is 11.1. The third-order valence-electron chi connectivity index (χ3n) is 3.27. The number of benzene rings is 2. The summed E-state index contributed by atoms with van der Waals surface area (Å²) in [5.74, 6) is -0.813. The minimum atomic E-state index is -4.24. The highest BCUT2D eigenvalue weighted by atomic mass is 35.5. The van der Waals surface area contributed by atoms with E-state index in [2.05, 4.69) is 4.74 Å². The van der Waals surface area contributed by atoms with Gasteiger partial charge in [0.2, 0.25) is 0 Å². The normalized spacial score (nSPS) is 11.0. The fourth-order valence-corrected chi connectivity index (χ4v) is 3.95. The fourth-order valence-electron chi connectivity index (χ4n) is 2.05. The average molecular weight is 419 g/mol. The zero-order chi connectivity index (χ0) is 19.5. The van der Waals surface area contributed by atoms with E-state index in [1.54, 1.807) is 0 Å². The molecule has 0 radical (unpaired) electrons. The second kappa shape index (κ2) is 7.90. The van der Waals surface area contributed by atoms with E-state index in [0.717, 1.165) is 35.7 Å². The summed E-state index contributed by atoms with van der Waals surface area (Å²) < 4.78 is 31.2. The van der Waals surface area contributed by atoms with Gasteiger partial charge in [0.15, 0.2) is 0 Å². The van der Waals surface area contributed by atoms with Crippen LogP contribution in [-0.4, -0.2) is 33.0 Å². The van der Waals surface area contributed by atoms with Crippen LogP contribution >= 0.6 is 23.2 Å². The maximum Gasteiger partial charge on any atom is 0.326 e. The molecule has 0 saturated heterocycles. The van der Waals surface area contributed by atoms with Gasteiger partial charge in [-0.3, -0.25) is 19.2 Å². The number of sulfonamides is 1. The van der Waals surface area contributed by atoms with Gasteiger partial charge in [-0.25, -0.2) is 8.42 Å². The van der Waals surface area contributed by atoms with Gasteiger partial charge >= 0.3 is 5.97 Å². The van der Waals surface area contributed by atoms with E-state index < -0.39 is 27.5 Å². The van der Waals surface area contributed by atoms with E-state index in [4.69, 9.17) is 23.2 Å². The molecule has 0 saturated carbocycles. The number of nitro benzene ring substituents is 1. The molecule has 0 aliphatic rings. The molecule has 0 spiro atoms. The fraction of sp³-hybridized carbons (Fsp3) is 0.133. The highest BCUT2D eigenvalue weighted by Gasteiger charge is 2.28. The van der Waals surface area contributed by atoms with E-state index in [1.165, 1.54) is 18.2 Å². The van der Waals surface area contributed by atoms with Crippen LogP contribution in [0.15, 0.2) is 47.4 Å². The van der Waals surface area contributed by atoms with Crippen molar-refractivity contribution >= 4 is 50.6 Å². The molecule has 0 bridgehead atoms. The largest absolute Gasteiger partial charge is 0.468 e. The van der Waals surface area contributed by atoms with Crippen molar-refractivity contribution in [3.05, 3.63) is 62.6 Å². The standard InChI is InChI=1S/C15H12Cl2N2O6S/c1-25-15(20)9-18(13-7-10(16)6-11(17)8-13)26(23,24)14-4-2-12(3-5-14)19(21)22/h2-8H,9H2,1H3. The Labute approximate surface area is 159 Å². The van der Waals surface area contributed by atoms with E-state index in [9.17, 15) is 23.3 Å². The molecule has 0 heterocycles. The quantitative estimate of drug-likeness (QED) is 0.404. The summed E-state index contributed by atoms with van der Waals surface area (Å²) in [6.45, 7) is -0.632. The number of anilines is 1. The van der Waals surface area contributed by atoms with Crippen molar-refractivity contribution in [2.45, 2.75) is 4.90 Å². The molecule has 0 aromatic heterocycles.